The number of hydrogen-bond acceptors (Lipinski definition) is 2. The van der Waals surface area contributed by atoms with Crippen molar-refractivity contribution in [2.45, 2.75) is 32.9 Å². The zero-order valence-electron chi connectivity index (χ0n) is 12.7. The summed E-state index contributed by atoms with van der Waals surface area (Å²) >= 11 is 0. The molecule has 0 saturated carbocycles. The number of unbranched alkanes of at least 4 members (excludes halogenated alkanes) is 1. The van der Waals surface area contributed by atoms with Gasteiger partial charge in [0.15, 0.2) is 0 Å². The zero-order chi connectivity index (χ0) is 15.5. The molecule has 0 aliphatic rings. The highest BCUT2D eigenvalue weighted by molar-refractivity contribution is 5.80. The predicted molar refractivity (Wildman–Crippen MR) is 87.9 cm³/mol. The minimum absolute atomic E-state index is 0.252. The Morgan fingerprint density at radius 3 is 2.59 bits per heavy atom. The van der Waals surface area contributed by atoms with Crippen molar-refractivity contribution in [2.75, 3.05) is 0 Å². The van der Waals surface area contributed by atoms with Gasteiger partial charge in [0, 0.05) is 24.7 Å². The van der Waals surface area contributed by atoms with Gasteiger partial charge in [-0.25, -0.2) is 9.37 Å². The van der Waals surface area contributed by atoms with Crippen molar-refractivity contribution in [3.8, 4) is 11.4 Å². The predicted octanol–water partition coefficient (Wildman–Crippen LogP) is 4.10. The maximum Gasteiger partial charge on any atom is 0.141 e. The second-order valence-corrected chi connectivity index (χ2v) is 5.47. The topological polar surface area (TPSA) is 43.8 Å². The molecule has 0 unspecified atom stereocenters. The number of imidazole rings is 1. The average Bonchev–Trinajstić information content (AvgIpc) is 2.90. The lowest BCUT2D eigenvalue weighted by Crippen LogP contribution is -2.01. The highest BCUT2D eigenvalue weighted by Gasteiger charge is 2.12. The summed E-state index contributed by atoms with van der Waals surface area (Å²) in [4.78, 5) is 4.64. The molecule has 0 amide bonds. The lowest BCUT2D eigenvalue weighted by molar-refractivity contribution is 0.628. The zero-order valence-corrected chi connectivity index (χ0v) is 12.7. The second kappa shape index (κ2) is 6.28. The molecule has 2 N–H and O–H groups in total. The van der Waals surface area contributed by atoms with E-state index in [1.165, 1.54) is 12.1 Å². The summed E-state index contributed by atoms with van der Waals surface area (Å²) in [7, 11) is 0. The molecule has 4 heteroatoms. The molecule has 3 aromatic rings. The van der Waals surface area contributed by atoms with E-state index < -0.39 is 0 Å². The van der Waals surface area contributed by atoms with E-state index in [1.807, 2.05) is 30.3 Å². The summed E-state index contributed by atoms with van der Waals surface area (Å²) in [6.45, 7) is 3.57. The lowest BCUT2D eigenvalue weighted by Gasteiger charge is -2.09. The maximum atomic E-state index is 13.5. The molecule has 0 spiro atoms. The minimum Gasteiger partial charge on any atom is -0.326 e. The second-order valence-electron chi connectivity index (χ2n) is 5.47. The molecule has 3 rings (SSSR count). The lowest BCUT2D eigenvalue weighted by atomic mass is 10.1. The Morgan fingerprint density at radius 2 is 1.91 bits per heavy atom. The van der Waals surface area contributed by atoms with Crippen molar-refractivity contribution in [2.24, 2.45) is 5.73 Å². The molecule has 0 radical (unpaired) electrons. The van der Waals surface area contributed by atoms with Crippen LogP contribution in [0.1, 0.15) is 25.3 Å². The molecule has 0 atom stereocenters. The molecule has 0 fully saturated rings. The van der Waals surface area contributed by atoms with Crippen LogP contribution >= 0.6 is 0 Å². The van der Waals surface area contributed by atoms with Gasteiger partial charge in [-0.05, 0) is 24.1 Å². The van der Waals surface area contributed by atoms with Gasteiger partial charge < -0.3 is 10.3 Å². The molecular formula is C18H20FN3. The molecule has 114 valence electrons. The van der Waals surface area contributed by atoms with Gasteiger partial charge in [0.25, 0.3) is 0 Å². The fourth-order valence-electron chi connectivity index (χ4n) is 2.66. The Kier molecular flexibility index (Phi) is 4.20. The Morgan fingerprint density at radius 1 is 1.14 bits per heavy atom. The first kappa shape index (κ1) is 14.7. The van der Waals surface area contributed by atoms with E-state index in [0.29, 0.717) is 12.1 Å². The van der Waals surface area contributed by atoms with Crippen LogP contribution in [0.25, 0.3) is 22.4 Å². The quantitative estimate of drug-likeness (QED) is 0.770. The Balaban J connectivity index is 2.13. The minimum atomic E-state index is -0.252. The number of halogens is 1. The van der Waals surface area contributed by atoms with Gasteiger partial charge in [0.1, 0.15) is 11.6 Å². The van der Waals surface area contributed by atoms with Gasteiger partial charge >= 0.3 is 0 Å². The van der Waals surface area contributed by atoms with E-state index >= 15 is 0 Å². The highest BCUT2D eigenvalue weighted by atomic mass is 19.1. The van der Waals surface area contributed by atoms with E-state index in [1.54, 1.807) is 0 Å². The summed E-state index contributed by atoms with van der Waals surface area (Å²) in [5, 5.41) is 0. The van der Waals surface area contributed by atoms with E-state index in [2.05, 4.69) is 16.5 Å². The average molecular weight is 297 g/mol. The molecule has 0 aliphatic heterocycles. The normalized spacial score (nSPS) is 11.2. The summed E-state index contributed by atoms with van der Waals surface area (Å²) in [5.41, 5.74) is 9.45. The number of aromatic nitrogens is 2. The summed E-state index contributed by atoms with van der Waals surface area (Å²) in [6.07, 6.45) is 2.17. The molecule has 0 bridgehead atoms. The summed E-state index contributed by atoms with van der Waals surface area (Å²) < 4.78 is 15.6. The number of hydrogen-bond donors (Lipinski definition) is 1. The number of rotatable bonds is 5. The molecule has 0 saturated heterocycles. The molecule has 22 heavy (non-hydrogen) atoms. The van der Waals surface area contributed by atoms with Crippen molar-refractivity contribution in [1.82, 2.24) is 9.55 Å². The molecule has 0 aliphatic carbocycles. The fourth-order valence-corrected chi connectivity index (χ4v) is 2.66. The smallest absolute Gasteiger partial charge is 0.141 e. The van der Waals surface area contributed by atoms with Crippen molar-refractivity contribution < 1.29 is 4.39 Å². The first-order valence-corrected chi connectivity index (χ1v) is 7.68. The number of nitrogens with zero attached hydrogens (tertiary/aromatic N) is 2. The van der Waals surface area contributed by atoms with Crippen LogP contribution in [0.15, 0.2) is 42.5 Å². The van der Waals surface area contributed by atoms with Gasteiger partial charge in [-0.3, -0.25) is 0 Å². The van der Waals surface area contributed by atoms with Crippen molar-refractivity contribution >= 4 is 11.0 Å². The largest absolute Gasteiger partial charge is 0.326 e. The van der Waals surface area contributed by atoms with Crippen LogP contribution in [0.4, 0.5) is 4.39 Å². The van der Waals surface area contributed by atoms with Crippen LogP contribution < -0.4 is 5.73 Å². The first-order valence-electron chi connectivity index (χ1n) is 7.68. The van der Waals surface area contributed by atoms with Gasteiger partial charge in [-0.1, -0.05) is 37.6 Å². The number of fused-ring (bicyclic) bond motifs is 1. The summed E-state index contributed by atoms with van der Waals surface area (Å²) in [6, 6.07) is 12.9. The standard InChI is InChI=1S/C18H20FN3/c1-2-3-10-22-17-9-8-15(19)11-16(17)21-18(22)14-6-4-13(12-20)5-7-14/h4-9,11H,2-3,10,12,20H2,1H3. The highest BCUT2D eigenvalue weighted by Crippen LogP contribution is 2.26. The van der Waals surface area contributed by atoms with Crippen molar-refractivity contribution in [3.63, 3.8) is 0 Å². The van der Waals surface area contributed by atoms with Crippen LogP contribution in [0.3, 0.4) is 0 Å². The molecule has 1 heterocycles. The number of aryl methyl sites for hydroxylation is 1. The van der Waals surface area contributed by atoms with Crippen LogP contribution in [-0.4, -0.2) is 9.55 Å². The first-order chi connectivity index (χ1) is 10.7. The van der Waals surface area contributed by atoms with Gasteiger partial charge in [0.05, 0.1) is 11.0 Å². The van der Waals surface area contributed by atoms with E-state index in [0.717, 1.165) is 41.9 Å². The third kappa shape index (κ3) is 2.74. The number of nitrogens with two attached hydrogens (primary N) is 1. The van der Waals surface area contributed by atoms with E-state index in [4.69, 9.17) is 5.73 Å². The molecule has 3 nitrogen and oxygen atoms in total. The van der Waals surface area contributed by atoms with Crippen LogP contribution in [0.2, 0.25) is 0 Å². The maximum absolute atomic E-state index is 13.5. The monoisotopic (exact) mass is 297 g/mol. The van der Waals surface area contributed by atoms with Gasteiger partial charge in [-0.15, -0.1) is 0 Å². The fraction of sp³-hybridized carbons (Fsp3) is 0.278. The number of benzene rings is 2. The van der Waals surface area contributed by atoms with E-state index in [-0.39, 0.29) is 5.82 Å². The summed E-state index contributed by atoms with van der Waals surface area (Å²) in [5.74, 6) is 0.635. The Hall–Kier alpha value is -2.20. The van der Waals surface area contributed by atoms with Crippen molar-refractivity contribution in [1.29, 1.82) is 0 Å². The molecular weight excluding hydrogens is 277 g/mol. The molecule has 1 aromatic heterocycles. The van der Waals surface area contributed by atoms with Gasteiger partial charge in [0.2, 0.25) is 0 Å². The Labute approximate surface area is 129 Å². The van der Waals surface area contributed by atoms with Crippen LogP contribution in [0, 0.1) is 5.82 Å². The Bertz CT molecular complexity index is 775. The van der Waals surface area contributed by atoms with E-state index in [9.17, 15) is 4.39 Å². The van der Waals surface area contributed by atoms with Crippen molar-refractivity contribution in [3.05, 3.63) is 53.8 Å². The van der Waals surface area contributed by atoms with Crippen LogP contribution in [0.5, 0.6) is 0 Å². The molecule has 2 aromatic carbocycles. The third-order valence-corrected chi connectivity index (χ3v) is 3.89. The van der Waals surface area contributed by atoms with Crippen LogP contribution in [-0.2, 0) is 13.1 Å². The SMILES string of the molecule is CCCCn1c(-c2ccc(CN)cc2)nc2cc(F)ccc21. The van der Waals surface area contributed by atoms with Gasteiger partial charge in [-0.2, -0.15) is 0 Å². The third-order valence-electron chi connectivity index (χ3n) is 3.89.